The van der Waals surface area contributed by atoms with Crippen molar-refractivity contribution in [1.29, 1.82) is 0 Å². The highest BCUT2D eigenvalue weighted by atomic mass is 16.1. The van der Waals surface area contributed by atoms with E-state index in [2.05, 4.69) is 35.3 Å². The van der Waals surface area contributed by atoms with Crippen molar-refractivity contribution in [1.82, 2.24) is 9.78 Å². The number of amides is 1. The van der Waals surface area contributed by atoms with E-state index in [9.17, 15) is 9.59 Å². The van der Waals surface area contributed by atoms with E-state index in [0.29, 0.717) is 16.9 Å². The number of benzene rings is 3. The number of nitrogens with zero attached hydrogens (tertiary/aromatic N) is 2. The van der Waals surface area contributed by atoms with Crippen LogP contribution in [0.3, 0.4) is 0 Å². The van der Waals surface area contributed by atoms with E-state index in [1.807, 2.05) is 49.4 Å². The van der Waals surface area contributed by atoms with Crippen LogP contribution in [0.1, 0.15) is 43.2 Å². The SMILES string of the molecule is CCc1ccccc1N.CCc1ccccc1N=Cc1c(C)[nH]n(-c2ccc(NC(C)=O)cc2)c1=O. The lowest BCUT2D eigenvalue weighted by molar-refractivity contribution is -0.114. The quantitative estimate of drug-likeness (QED) is 0.246. The van der Waals surface area contributed by atoms with Crippen LogP contribution in [0.5, 0.6) is 0 Å². The van der Waals surface area contributed by atoms with Gasteiger partial charge in [0.1, 0.15) is 0 Å². The number of aromatic nitrogens is 2. The minimum absolute atomic E-state index is 0.138. The van der Waals surface area contributed by atoms with Gasteiger partial charge in [0.2, 0.25) is 5.91 Å². The number of para-hydroxylation sites is 2. The summed E-state index contributed by atoms with van der Waals surface area (Å²) in [6.07, 6.45) is 3.52. The predicted octanol–water partition coefficient (Wildman–Crippen LogP) is 5.58. The molecule has 0 aliphatic rings. The van der Waals surface area contributed by atoms with E-state index in [0.717, 1.165) is 35.5 Å². The van der Waals surface area contributed by atoms with Gasteiger partial charge in [-0.25, -0.2) is 4.68 Å². The summed E-state index contributed by atoms with van der Waals surface area (Å²) in [4.78, 5) is 28.4. The zero-order chi connectivity index (χ0) is 26.1. The zero-order valence-electron chi connectivity index (χ0n) is 21.2. The molecule has 1 aromatic heterocycles. The van der Waals surface area contributed by atoms with Gasteiger partial charge in [-0.05, 0) is 67.3 Å². The number of carbonyl (C=O) groups excluding carboxylic acids is 1. The lowest BCUT2D eigenvalue weighted by atomic mass is 10.1. The van der Waals surface area contributed by atoms with Crippen LogP contribution < -0.4 is 16.6 Å². The summed E-state index contributed by atoms with van der Waals surface area (Å²) in [5, 5.41) is 5.79. The Bertz CT molecular complexity index is 1400. The number of nitrogens with two attached hydrogens (primary N) is 1. The lowest BCUT2D eigenvalue weighted by Crippen LogP contribution is -2.17. The third kappa shape index (κ3) is 6.60. The van der Waals surface area contributed by atoms with Crippen LogP contribution >= 0.6 is 0 Å². The van der Waals surface area contributed by atoms with Crippen molar-refractivity contribution in [2.24, 2.45) is 4.99 Å². The predicted molar refractivity (Wildman–Crippen MR) is 149 cm³/mol. The second-order valence-electron chi connectivity index (χ2n) is 8.31. The molecule has 4 aromatic rings. The molecule has 0 aliphatic heterocycles. The summed E-state index contributed by atoms with van der Waals surface area (Å²) in [6.45, 7) is 7.48. The summed E-state index contributed by atoms with van der Waals surface area (Å²) >= 11 is 0. The number of nitrogens with one attached hydrogen (secondary N) is 2. The molecule has 0 bridgehead atoms. The number of carbonyl (C=O) groups is 1. The number of rotatable bonds is 6. The molecule has 36 heavy (non-hydrogen) atoms. The first-order chi connectivity index (χ1) is 17.3. The van der Waals surface area contributed by atoms with Crippen LogP contribution in [0.4, 0.5) is 17.1 Å². The van der Waals surface area contributed by atoms with Crippen LogP contribution in [0.2, 0.25) is 0 Å². The van der Waals surface area contributed by atoms with Crippen molar-refractivity contribution in [2.45, 2.75) is 40.5 Å². The van der Waals surface area contributed by atoms with Crippen LogP contribution in [0.15, 0.2) is 82.6 Å². The average molecular weight is 484 g/mol. The van der Waals surface area contributed by atoms with Crippen molar-refractivity contribution in [2.75, 3.05) is 11.1 Å². The van der Waals surface area contributed by atoms with Crippen molar-refractivity contribution in [3.8, 4) is 5.69 Å². The smallest absolute Gasteiger partial charge is 0.280 e. The third-order valence-corrected chi connectivity index (χ3v) is 5.70. The van der Waals surface area contributed by atoms with Crippen LogP contribution in [0, 0.1) is 6.92 Å². The number of aliphatic imine (C=N–C) groups is 1. The second-order valence-corrected chi connectivity index (χ2v) is 8.31. The number of nitrogen functional groups attached to an aromatic ring is 1. The summed E-state index contributed by atoms with van der Waals surface area (Å²) in [6, 6.07) is 22.9. The van der Waals surface area contributed by atoms with E-state index in [1.54, 1.807) is 30.5 Å². The van der Waals surface area contributed by atoms with Crippen molar-refractivity contribution < 1.29 is 4.79 Å². The Hall–Kier alpha value is -4.39. The van der Waals surface area contributed by atoms with E-state index in [4.69, 9.17) is 5.73 Å². The van der Waals surface area contributed by atoms with Gasteiger partial charge in [-0.3, -0.25) is 19.7 Å². The van der Waals surface area contributed by atoms with E-state index < -0.39 is 0 Å². The molecular weight excluding hydrogens is 450 g/mol. The molecule has 0 aliphatic carbocycles. The molecule has 0 unspecified atom stereocenters. The normalized spacial score (nSPS) is 10.7. The maximum absolute atomic E-state index is 12.8. The zero-order valence-corrected chi connectivity index (χ0v) is 21.2. The molecule has 186 valence electrons. The van der Waals surface area contributed by atoms with Gasteiger partial charge in [0.15, 0.2) is 0 Å². The van der Waals surface area contributed by atoms with Crippen molar-refractivity contribution >= 4 is 29.2 Å². The Labute approximate surface area is 211 Å². The highest BCUT2D eigenvalue weighted by Gasteiger charge is 2.11. The molecule has 3 aromatic carbocycles. The highest BCUT2D eigenvalue weighted by molar-refractivity contribution is 5.88. The average Bonchev–Trinajstić information content (AvgIpc) is 3.16. The summed E-state index contributed by atoms with van der Waals surface area (Å²) in [7, 11) is 0. The summed E-state index contributed by atoms with van der Waals surface area (Å²) in [5.41, 5.74) is 12.2. The maximum Gasteiger partial charge on any atom is 0.280 e. The Morgan fingerprint density at radius 1 is 0.972 bits per heavy atom. The Morgan fingerprint density at radius 2 is 1.58 bits per heavy atom. The lowest BCUT2D eigenvalue weighted by Gasteiger charge is -2.04. The molecule has 0 radical (unpaired) electrons. The third-order valence-electron chi connectivity index (χ3n) is 5.70. The largest absolute Gasteiger partial charge is 0.399 e. The van der Waals surface area contributed by atoms with Crippen LogP contribution in [-0.4, -0.2) is 21.9 Å². The number of hydrogen-bond donors (Lipinski definition) is 3. The molecule has 4 N–H and O–H groups in total. The molecular formula is C29H33N5O2. The molecule has 4 rings (SSSR count). The summed E-state index contributed by atoms with van der Waals surface area (Å²) < 4.78 is 1.47. The van der Waals surface area contributed by atoms with Gasteiger partial charge in [0, 0.05) is 30.2 Å². The maximum atomic E-state index is 12.8. The minimum Gasteiger partial charge on any atom is -0.399 e. The number of H-pyrrole nitrogens is 1. The first kappa shape index (κ1) is 26.2. The molecule has 1 heterocycles. The molecule has 0 spiro atoms. The molecule has 0 fully saturated rings. The van der Waals surface area contributed by atoms with Crippen LogP contribution in [0.25, 0.3) is 5.69 Å². The van der Waals surface area contributed by atoms with Gasteiger partial charge in [-0.15, -0.1) is 0 Å². The topological polar surface area (TPSA) is 105 Å². The minimum atomic E-state index is -0.169. The van der Waals surface area contributed by atoms with E-state index >= 15 is 0 Å². The molecule has 0 atom stereocenters. The Balaban J connectivity index is 0.000000338. The van der Waals surface area contributed by atoms with E-state index in [-0.39, 0.29) is 11.5 Å². The standard InChI is InChI=1S/C21H22N4O2.C8H11N/c1-4-16-7-5-6-8-20(16)22-13-19-14(2)24-25(21(19)27)18-11-9-17(10-12-18)23-15(3)26;1-2-7-5-3-4-6-8(7)9/h5-13,24H,4H2,1-3H3,(H,23,26);3-6H,2,9H2,1H3. The molecule has 7 heteroatoms. The Morgan fingerprint density at radius 3 is 2.17 bits per heavy atom. The van der Waals surface area contributed by atoms with Gasteiger partial charge >= 0.3 is 0 Å². The van der Waals surface area contributed by atoms with Gasteiger partial charge < -0.3 is 11.1 Å². The van der Waals surface area contributed by atoms with Crippen molar-refractivity contribution in [3.05, 3.63) is 106 Å². The monoisotopic (exact) mass is 483 g/mol. The van der Waals surface area contributed by atoms with Crippen LogP contribution in [-0.2, 0) is 17.6 Å². The number of aryl methyl sites for hydroxylation is 3. The van der Waals surface area contributed by atoms with Gasteiger partial charge in [-0.2, -0.15) is 0 Å². The molecule has 7 nitrogen and oxygen atoms in total. The van der Waals surface area contributed by atoms with Gasteiger partial charge in [0.05, 0.1) is 16.9 Å². The number of anilines is 2. The number of hydrogen-bond acceptors (Lipinski definition) is 4. The molecule has 0 saturated heterocycles. The fraction of sp³-hybridized carbons (Fsp3) is 0.207. The fourth-order valence-electron chi connectivity index (χ4n) is 3.72. The van der Waals surface area contributed by atoms with Crippen molar-refractivity contribution in [3.63, 3.8) is 0 Å². The van der Waals surface area contributed by atoms with E-state index in [1.165, 1.54) is 17.2 Å². The fourth-order valence-corrected chi connectivity index (χ4v) is 3.72. The first-order valence-corrected chi connectivity index (χ1v) is 12.0. The Kier molecular flexibility index (Phi) is 9.00. The highest BCUT2D eigenvalue weighted by Crippen LogP contribution is 2.19. The first-order valence-electron chi connectivity index (χ1n) is 12.0. The number of aromatic amines is 1. The molecule has 1 amide bonds. The second kappa shape index (κ2) is 12.4. The van der Waals surface area contributed by atoms with Gasteiger partial charge in [-0.1, -0.05) is 50.2 Å². The van der Waals surface area contributed by atoms with Gasteiger partial charge in [0.25, 0.3) is 5.56 Å². The molecule has 0 saturated carbocycles. The summed E-state index contributed by atoms with van der Waals surface area (Å²) in [5.74, 6) is -0.138.